The lowest BCUT2D eigenvalue weighted by Gasteiger charge is -2.13. The molecular weight excluding hydrogens is 351 g/mol. The molecule has 0 radical (unpaired) electrons. The van der Waals surface area contributed by atoms with Gasteiger partial charge in [0, 0.05) is 6.04 Å². The second-order valence-corrected chi connectivity index (χ2v) is 6.48. The molecular formula is C17H16ClFN2O4. The third kappa shape index (κ3) is 3.37. The van der Waals surface area contributed by atoms with Gasteiger partial charge in [-0.1, -0.05) is 22.8 Å². The van der Waals surface area contributed by atoms with Gasteiger partial charge in [-0.3, -0.25) is 9.59 Å². The Labute approximate surface area is 148 Å². The summed E-state index contributed by atoms with van der Waals surface area (Å²) in [5.74, 6) is -2.18. The summed E-state index contributed by atoms with van der Waals surface area (Å²) in [7, 11) is 0. The Bertz CT molecular complexity index is 816. The molecule has 1 aromatic carbocycles. The molecule has 0 bridgehead atoms. The Morgan fingerprint density at radius 1 is 1.40 bits per heavy atom. The summed E-state index contributed by atoms with van der Waals surface area (Å²) in [4.78, 5) is 23.7. The lowest BCUT2D eigenvalue weighted by Crippen LogP contribution is -2.33. The molecule has 132 valence electrons. The van der Waals surface area contributed by atoms with Crippen LogP contribution in [0.4, 0.5) is 4.39 Å². The lowest BCUT2D eigenvalue weighted by atomic mass is 10.0. The van der Waals surface area contributed by atoms with Crippen molar-refractivity contribution < 1.29 is 23.6 Å². The van der Waals surface area contributed by atoms with E-state index >= 15 is 0 Å². The van der Waals surface area contributed by atoms with Gasteiger partial charge in [-0.15, -0.1) is 0 Å². The molecule has 8 heteroatoms. The number of carboxylic acids is 1. The van der Waals surface area contributed by atoms with Crippen molar-refractivity contribution in [2.45, 2.75) is 32.2 Å². The number of nitrogens with zero attached hydrogens (tertiary/aromatic N) is 1. The first kappa shape index (κ1) is 17.4. The van der Waals surface area contributed by atoms with Crippen molar-refractivity contribution in [1.82, 2.24) is 10.5 Å². The Kier molecular flexibility index (Phi) is 4.76. The van der Waals surface area contributed by atoms with E-state index in [4.69, 9.17) is 21.2 Å². The number of amides is 1. The van der Waals surface area contributed by atoms with E-state index in [2.05, 4.69) is 10.5 Å². The molecule has 1 aliphatic carbocycles. The predicted molar refractivity (Wildman–Crippen MR) is 87.9 cm³/mol. The van der Waals surface area contributed by atoms with Crippen LogP contribution < -0.4 is 5.32 Å². The number of aliphatic carboxylic acids is 1. The summed E-state index contributed by atoms with van der Waals surface area (Å²) in [5.41, 5.74) is 0.137. The van der Waals surface area contributed by atoms with Crippen molar-refractivity contribution in [3.63, 3.8) is 0 Å². The van der Waals surface area contributed by atoms with E-state index in [0.717, 1.165) is 0 Å². The molecule has 1 aromatic heterocycles. The molecule has 1 heterocycles. The van der Waals surface area contributed by atoms with Gasteiger partial charge in [0.15, 0.2) is 0 Å². The third-order valence-corrected chi connectivity index (χ3v) is 4.72. The first-order chi connectivity index (χ1) is 11.9. The smallest absolute Gasteiger partial charge is 0.306 e. The topological polar surface area (TPSA) is 92.4 Å². The average molecular weight is 367 g/mol. The van der Waals surface area contributed by atoms with E-state index in [-0.39, 0.29) is 33.6 Å². The molecule has 0 aliphatic heterocycles. The minimum Gasteiger partial charge on any atom is -0.481 e. The van der Waals surface area contributed by atoms with E-state index in [0.29, 0.717) is 19.3 Å². The van der Waals surface area contributed by atoms with Gasteiger partial charge in [0.05, 0.1) is 16.5 Å². The molecule has 1 aliphatic rings. The maximum absolute atomic E-state index is 14.2. The zero-order chi connectivity index (χ0) is 18.1. The van der Waals surface area contributed by atoms with Crippen LogP contribution in [-0.4, -0.2) is 28.2 Å². The number of benzene rings is 1. The molecule has 2 atom stereocenters. The number of hydrogen-bond acceptors (Lipinski definition) is 4. The number of aryl methyl sites for hydroxylation is 1. The zero-order valence-corrected chi connectivity index (χ0v) is 14.1. The maximum Gasteiger partial charge on any atom is 0.306 e. The molecule has 0 saturated heterocycles. The monoisotopic (exact) mass is 366 g/mol. The summed E-state index contributed by atoms with van der Waals surface area (Å²) >= 11 is 6.06. The van der Waals surface area contributed by atoms with Gasteiger partial charge in [0.25, 0.3) is 5.91 Å². The number of carbonyl (C=O) groups excluding carboxylic acids is 1. The maximum atomic E-state index is 14.2. The number of rotatable bonds is 4. The fourth-order valence-corrected chi connectivity index (χ4v) is 3.38. The van der Waals surface area contributed by atoms with E-state index in [1.54, 1.807) is 6.92 Å². The van der Waals surface area contributed by atoms with E-state index in [1.165, 1.54) is 18.2 Å². The predicted octanol–water partition coefficient (Wildman–Crippen LogP) is 3.43. The first-order valence-electron chi connectivity index (χ1n) is 7.82. The van der Waals surface area contributed by atoms with Crippen LogP contribution in [0.1, 0.15) is 35.4 Å². The number of carboxylic acid groups (broad SMARTS) is 1. The Balaban J connectivity index is 1.87. The number of hydrogen-bond donors (Lipinski definition) is 2. The van der Waals surface area contributed by atoms with Gasteiger partial charge < -0.3 is 14.9 Å². The molecule has 3 rings (SSSR count). The summed E-state index contributed by atoms with van der Waals surface area (Å²) < 4.78 is 19.2. The SMILES string of the molecule is Cc1onc(-c2c(F)cccc2Cl)c1C(=O)N[C@@H]1CC[C@H](C(=O)O)C1. The molecule has 1 fully saturated rings. The second-order valence-electron chi connectivity index (χ2n) is 6.08. The van der Waals surface area contributed by atoms with Gasteiger partial charge in [0.2, 0.25) is 0 Å². The van der Waals surface area contributed by atoms with Crippen LogP contribution in [0.5, 0.6) is 0 Å². The Morgan fingerprint density at radius 3 is 2.80 bits per heavy atom. The molecule has 25 heavy (non-hydrogen) atoms. The first-order valence-corrected chi connectivity index (χ1v) is 8.20. The van der Waals surface area contributed by atoms with Crippen LogP contribution in [0.15, 0.2) is 22.7 Å². The molecule has 1 amide bonds. The van der Waals surface area contributed by atoms with Crippen molar-refractivity contribution >= 4 is 23.5 Å². The summed E-state index contributed by atoms with van der Waals surface area (Å²) in [6.45, 7) is 1.55. The Morgan fingerprint density at radius 2 is 2.16 bits per heavy atom. The average Bonchev–Trinajstić information content (AvgIpc) is 3.14. The van der Waals surface area contributed by atoms with Crippen LogP contribution in [-0.2, 0) is 4.79 Å². The number of aromatic nitrogens is 1. The van der Waals surface area contributed by atoms with Gasteiger partial charge >= 0.3 is 5.97 Å². The molecule has 2 aromatic rings. The minimum atomic E-state index is -0.864. The van der Waals surface area contributed by atoms with Gasteiger partial charge in [-0.25, -0.2) is 4.39 Å². The summed E-state index contributed by atoms with van der Waals surface area (Å²) in [5, 5.41) is 15.8. The fraction of sp³-hybridized carbons (Fsp3) is 0.353. The normalized spacial score (nSPS) is 19.8. The van der Waals surface area contributed by atoms with Crippen molar-refractivity contribution in [3.8, 4) is 11.3 Å². The highest BCUT2D eigenvalue weighted by Crippen LogP contribution is 2.34. The molecule has 1 saturated carbocycles. The second kappa shape index (κ2) is 6.84. The van der Waals surface area contributed by atoms with Gasteiger partial charge in [-0.05, 0) is 38.3 Å². The zero-order valence-electron chi connectivity index (χ0n) is 13.4. The third-order valence-electron chi connectivity index (χ3n) is 4.41. The number of halogens is 2. The van der Waals surface area contributed by atoms with Crippen LogP contribution in [0.2, 0.25) is 5.02 Å². The van der Waals surface area contributed by atoms with Crippen molar-refractivity contribution in [2.75, 3.05) is 0 Å². The standard InChI is InChI=1S/C17H16ClFN2O4/c1-8-13(16(22)20-10-6-5-9(7-10)17(23)24)15(21-25-8)14-11(18)3-2-4-12(14)19/h2-4,9-10H,5-7H2,1H3,(H,20,22)(H,23,24)/t9-,10+/m0/s1. The Hall–Kier alpha value is -2.41. The van der Waals surface area contributed by atoms with Crippen LogP contribution >= 0.6 is 11.6 Å². The molecule has 6 nitrogen and oxygen atoms in total. The largest absolute Gasteiger partial charge is 0.481 e. The van der Waals surface area contributed by atoms with Gasteiger partial charge in [0.1, 0.15) is 22.8 Å². The van der Waals surface area contributed by atoms with Crippen molar-refractivity contribution in [1.29, 1.82) is 0 Å². The van der Waals surface area contributed by atoms with Crippen LogP contribution in [0, 0.1) is 18.7 Å². The lowest BCUT2D eigenvalue weighted by molar-refractivity contribution is -0.141. The van der Waals surface area contributed by atoms with Crippen molar-refractivity contribution in [2.24, 2.45) is 5.92 Å². The molecule has 2 N–H and O–H groups in total. The number of nitrogens with one attached hydrogen (secondary N) is 1. The number of carbonyl (C=O) groups is 2. The molecule has 0 unspecified atom stereocenters. The van der Waals surface area contributed by atoms with E-state index in [1.807, 2.05) is 0 Å². The fourth-order valence-electron chi connectivity index (χ4n) is 3.13. The highest BCUT2D eigenvalue weighted by molar-refractivity contribution is 6.33. The van der Waals surface area contributed by atoms with Crippen molar-refractivity contribution in [3.05, 3.63) is 40.4 Å². The highest BCUT2D eigenvalue weighted by atomic mass is 35.5. The van der Waals surface area contributed by atoms with E-state index < -0.39 is 23.6 Å². The summed E-state index contributed by atoms with van der Waals surface area (Å²) in [6.07, 6.45) is 1.44. The minimum absolute atomic E-state index is 0.000927. The summed E-state index contributed by atoms with van der Waals surface area (Å²) in [6, 6.07) is 3.92. The van der Waals surface area contributed by atoms with Gasteiger partial charge in [-0.2, -0.15) is 0 Å². The van der Waals surface area contributed by atoms with Crippen LogP contribution in [0.25, 0.3) is 11.3 Å². The highest BCUT2D eigenvalue weighted by Gasteiger charge is 2.32. The molecule has 0 spiro atoms. The van der Waals surface area contributed by atoms with E-state index in [9.17, 15) is 14.0 Å². The quantitative estimate of drug-likeness (QED) is 0.864. The van der Waals surface area contributed by atoms with Crippen LogP contribution in [0.3, 0.4) is 0 Å².